The fraction of sp³-hybridized carbons (Fsp3) is 0.538. The van der Waals surface area contributed by atoms with Crippen LogP contribution in [0.3, 0.4) is 0 Å². The highest BCUT2D eigenvalue weighted by molar-refractivity contribution is 5.49. The van der Waals surface area contributed by atoms with Crippen LogP contribution in [0.5, 0.6) is 5.75 Å². The number of halogens is 3. The molecule has 1 fully saturated rings. The van der Waals surface area contributed by atoms with Crippen molar-refractivity contribution in [3.63, 3.8) is 0 Å². The lowest BCUT2D eigenvalue weighted by Gasteiger charge is -2.23. The molecule has 1 aromatic carbocycles. The molecular weight excluding hydrogens is 257 g/mol. The summed E-state index contributed by atoms with van der Waals surface area (Å²) in [4.78, 5) is 0. The van der Waals surface area contributed by atoms with Gasteiger partial charge < -0.3 is 15.8 Å². The van der Waals surface area contributed by atoms with Crippen molar-refractivity contribution in [3.05, 3.63) is 23.8 Å². The van der Waals surface area contributed by atoms with Crippen LogP contribution in [0.15, 0.2) is 18.2 Å². The second kappa shape index (κ2) is 5.28. The number of hydrogen-bond acceptors (Lipinski definition) is 3. The molecule has 1 aromatic rings. The summed E-state index contributed by atoms with van der Waals surface area (Å²) in [6.45, 7) is 2.65. The van der Waals surface area contributed by atoms with Crippen LogP contribution in [0.2, 0.25) is 0 Å². The fourth-order valence-corrected chi connectivity index (χ4v) is 2.27. The molecule has 106 valence electrons. The lowest BCUT2D eigenvalue weighted by atomic mass is 10.1. The third-order valence-corrected chi connectivity index (χ3v) is 3.29. The Morgan fingerprint density at radius 2 is 2.16 bits per heavy atom. The predicted molar refractivity (Wildman–Crippen MR) is 67.0 cm³/mol. The van der Waals surface area contributed by atoms with Gasteiger partial charge in [0.1, 0.15) is 11.9 Å². The van der Waals surface area contributed by atoms with Crippen LogP contribution in [0, 0.1) is 0 Å². The number of nitrogen functional groups attached to an aromatic ring is 1. The van der Waals surface area contributed by atoms with E-state index in [1.165, 1.54) is 12.1 Å². The maximum absolute atomic E-state index is 12.9. The Hall–Kier alpha value is -1.43. The standard InChI is InChI=1S/C13H17F3N2O/c1-8(11-3-2-6-18-11)19-12-7-9(17)4-5-10(12)13(14,15)16/h4-5,7-8,11,18H,2-3,6,17H2,1H3. The van der Waals surface area contributed by atoms with E-state index in [9.17, 15) is 13.2 Å². The van der Waals surface area contributed by atoms with Gasteiger partial charge in [0, 0.05) is 17.8 Å². The Morgan fingerprint density at radius 3 is 2.74 bits per heavy atom. The van der Waals surface area contributed by atoms with Crippen molar-refractivity contribution < 1.29 is 17.9 Å². The quantitative estimate of drug-likeness (QED) is 0.833. The molecular formula is C13H17F3N2O. The molecule has 0 spiro atoms. The molecule has 3 nitrogen and oxygen atoms in total. The average Bonchev–Trinajstić information content (AvgIpc) is 2.80. The molecule has 1 heterocycles. The van der Waals surface area contributed by atoms with E-state index in [1.54, 1.807) is 6.92 Å². The molecule has 6 heteroatoms. The Labute approximate surface area is 109 Å². The van der Waals surface area contributed by atoms with E-state index in [1.807, 2.05) is 0 Å². The molecule has 0 amide bonds. The number of anilines is 1. The summed E-state index contributed by atoms with van der Waals surface area (Å²) in [6, 6.07) is 3.50. The Bertz CT molecular complexity index is 442. The summed E-state index contributed by atoms with van der Waals surface area (Å²) in [5, 5.41) is 3.21. The second-order valence-electron chi connectivity index (χ2n) is 4.78. The van der Waals surface area contributed by atoms with Crippen molar-refractivity contribution in [1.29, 1.82) is 0 Å². The molecule has 2 atom stereocenters. The minimum Gasteiger partial charge on any atom is -0.488 e. The zero-order valence-corrected chi connectivity index (χ0v) is 10.6. The molecule has 3 N–H and O–H groups in total. The summed E-state index contributed by atoms with van der Waals surface area (Å²) in [7, 11) is 0. The summed E-state index contributed by atoms with van der Waals surface area (Å²) in [5.74, 6) is -0.200. The SMILES string of the molecule is CC(Oc1cc(N)ccc1C(F)(F)F)C1CCCN1. The number of benzene rings is 1. The van der Waals surface area contributed by atoms with Crippen molar-refractivity contribution in [1.82, 2.24) is 5.32 Å². The van der Waals surface area contributed by atoms with Gasteiger partial charge >= 0.3 is 6.18 Å². The van der Waals surface area contributed by atoms with E-state index in [0.717, 1.165) is 25.5 Å². The minimum atomic E-state index is -4.44. The number of nitrogens with two attached hydrogens (primary N) is 1. The number of hydrogen-bond donors (Lipinski definition) is 2. The summed E-state index contributed by atoms with van der Waals surface area (Å²) < 4.78 is 44.1. The molecule has 0 bridgehead atoms. The van der Waals surface area contributed by atoms with Gasteiger partial charge in [-0.25, -0.2) is 0 Å². The Kier molecular flexibility index (Phi) is 3.89. The molecule has 2 rings (SSSR count). The first-order valence-electron chi connectivity index (χ1n) is 6.24. The van der Waals surface area contributed by atoms with Crippen LogP contribution in [0.25, 0.3) is 0 Å². The average molecular weight is 274 g/mol. The minimum absolute atomic E-state index is 0.0857. The molecule has 0 saturated carbocycles. The van der Waals surface area contributed by atoms with Crippen molar-refractivity contribution in [2.75, 3.05) is 12.3 Å². The molecule has 0 aliphatic carbocycles. The highest BCUT2D eigenvalue weighted by Crippen LogP contribution is 2.38. The van der Waals surface area contributed by atoms with Gasteiger partial charge in [-0.3, -0.25) is 0 Å². The number of rotatable bonds is 3. The molecule has 2 unspecified atom stereocenters. The van der Waals surface area contributed by atoms with Gasteiger partial charge in [0.05, 0.1) is 5.56 Å². The molecule has 1 aliphatic heterocycles. The highest BCUT2D eigenvalue weighted by atomic mass is 19.4. The van der Waals surface area contributed by atoms with Gasteiger partial charge in [-0.2, -0.15) is 13.2 Å². The zero-order chi connectivity index (χ0) is 14.0. The predicted octanol–water partition coefficient (Wildman–Crippen LogP) is 2.81. The lowest BCUT2D eigenvalue weighted by Crippen LogP contribution is -2.36. The first kappa shape index (κ1) is 14.0. The van der Waals surface area contributed by atoms with Crippen LogP contribution >= 0.6 is 0 Å². The van der Waals surface area contributed by atoms with Gasteiger partial charge in [0.15, 0.2) is 0 Å². The van der Waals surface area contributed by atoms with Crippen LogP contribution < -0.4 is 15.8 Å². The van der Waals surface area contributed by atoms with E-state index in [-0.39, 0.29) is 23.6 Å². The molecule has 0 radical (unpaired) electrons. The lowest BCUT2D eigenvalue weighted by molar-refractivity contribution is -0.139. The maximum atomic E-state index is 12.9. The van der Waals surface area contributed by atoms with Gasteiger partial charge in [-0.15, -0.1) is 0 Å². The van der Waals surface area contributed by atoms with E-state index in [2.05, 4.69) is 5.32 Å². The Morgan fingerprint density at radius 1 is 1.42 bits per heavy atom. The van der Waals surface area contributed by atoms with Crippen LogP contribution in [-0.2, 0) is 6.18 Å². The van der Waals surface area contributed by atoms with E-state index >= 15 is 0 Å². The number of alkyl halides is 3. The maximum Gasteiger partial charge on any atom is 0.419 e. The van der Waals surface area contributed by atoms with Crippen LogP contribution in [-0.4, -0.2) is 18.7 Å². The van der Waals surface area contributed by atoms with Gasteiger partial charge in [-0.05, 0) is 38.4 Å². The van der Waals surface area contributed by atoms with Crippen molar-refractivity contribution in [2.24, 2.45) is 0 Å². The Balaban J connectivity index is 2.20. The van der Waals surface area contributed by atoms with Crippen LogP contribution in [0.1, 0.15) is 25.3 Å². The van der Waals surface area contributed by atoms with Gasteiger partial charge in [0.2, 0.25) is 0 Å². The number of ether oxygens (including phenoxy) is 1. The second-order valence-corrected chi connectivity index (χ2v) is 4.78. The van der Waals surface area contributed by atoms with E-state index in [0.29, 0.717) is 0 Å². The number of nitrogens with one attached hydrogen (secondary N) is 1. The third kappa shape index (κ3) is 3.32. The van der Waals surface area contributed by atoms with Gasteiger partial charge in [0.25, 0.3) is 0 Å². The van der Waals surface area contributed by atoms with Gasteiger partial charge in [-0.1, -0.05) is 0 Å². The summed E-state index contributed by atoms with van der Waals surface area (Å²) >= 11 is 0. The van der Waals surface area contributed by atoms with E-state index < -0.39 is 11.7 Å². The summed E-state index contributed by atoms with van der Waals surface area (Å²) in [6.07, 6.45) is -2.84. The molecule has 0 aromatic heterocycles. The molecule has 1 saturated heterocycles. The highest BCUT2D eigenvalue weighted by Gasteiger charge is 2.35. The van der Waals surface area contributed by atoms with Crippen molar-refractivity contribution in [2.45, 2.75) is 38.1 Å². The smallest absolute Gasteiger partial charge is 0.419 e. The topological polar surface area (TPSA) is 47.3 Å². The normalized spacial score (nSPS) is 21.4. The first-order valence-corrected chi connectivity index (χ1v) is 6.24. The van der Waals surface area contributed by atoms with Crippen LogP contribution in [0.4, 0.5) is 18.9 Å². The molecule has 19 heavy (non-hydrogen) atoms. The summed E-state index contributed by atoms with van der Waals surface area (Å²) in [5.41, 5.74) is 5.01. The van der Waals surface area contributed by atoms with Crippen molar-refractivity contribution >= 4 is 5.69 Å². The van der Waals surface area contributed by atoms with Crippen molar-refractivity contribution in [3.8, 4) is 5.75 Å². The zero-order valence-electron chi connectivity index (χ0n) is 10.6. The fourth-order valence-electron chi connectivity index (χ4n) is 2.27. The third-order valence-electron chi connectivity index (χ3n) is 3.29. The van der Waals surface area contributed by atoms with E-state index in [4.69, 9.17) is 10.5 Å². The molecule has 1 aliphatic rings. The first-order chi connectivity index (χ1) is 8.88. The largest absolute Gasteiger partial charge is 0.488 e. The monoisotopic (exact) mass is 274 g/mol.